The zero-order chi connectivity index (χ0) is 10.8. The second-order valence-electron chi connectivity index (χ2n) is 3.44. The zero-order valence-electron chi connectivity index (χ0n) is 8.78. The minimum absolute atomic E-state index is 0.203. The van der Waals surface area contributed by atoms with Crippen LogP contribution in [0.25, 0.3) is 0 Å². The number of rotatable bonds is 8. The highest BCUT2D eigenvalue weighted by Crippen LogP contribution is 2.04. The van der Waals surface area contributed by atoms with E-state index in [1.807, 2.05) is 6.08 Å². The van der Waals surface area contributed by atoms with Gasteiger partial charge in [0.05, 0.1) is 12.5 Å². The van der Waals surface area contributed by atoms with Crippen molar-refractivity contribution in [2.45, 2.75) is 51.6 Å². The van der Waals surface area contributed by atoms with E-state index in [2.05, 4.69) is 6.92 Å². The van der Waals surface area contributed by atoms with E-state index >= 15 is 0 Å². The molecule has 0 aromatic rings. The highest BCUT2D eigenvalue weighted by Gasteiger charge is 2.03. The fraction of sp³-hybridized carbons (Fsp3) is 0.727. The van der Waals surface area contributed by atoms with Crippen LogP contribution in [0.2, 0.25) is 0 Å². The minimum Gasteiger partial charge on any atom is -0.481 e. The summed E-state index contributed by atoms with van der Waals surface area (Å²) in [4.78, 5) is 10.2. The molecule has 0 bridgehead atoms. The Morgan fingerprint density at radius 1 is 1.36 bits per heavy atom. The van der Waals surface area contributed by atoms with Gasteiger partial charge in [-0.1, -0.05) is 38.3 Å². The van der Waals surface area contributed by atoms with Crippen LogP contribution in [-0.2, 0) is 4.79 Å². The van der Waals surface area contributed by atoms with E-state index in [1.54, 1.807) is 6.08 Å². The average molecular weight is 200 g/mol. The van der Waals surface area contributed by atoms with Gasteiger partial charge in [0.15, 0.2) is 0 Å². The Morgan fingerprint density at radius 2 is 2.07 bits per heavy atom. The summed E-state index contributed by atoms with van der Waals surface area (Å²) in [6, 6.07) is 0. The Labute approximate surface area is 85.4 Å². The molecule has 2 N–H and O–H groups in total. The largest absolute Gasteiger partial charge is 0.481 e. The fourth-order valence-electron chi connectivity index (χ4n) is 1.19. The van der Waals surface area contributed by atoms with Gasteiger partial charge in [0.2, 0.25) is 0 Å². The summed E-state index contributed by atoms with van der Waals surface area (Å²) in [6.07, 6.45) is 8.10. The summed E-state index contributed by atoms with van der Waals surface area (Å²) in [5, 5.41) is 17.5. The first-order chi connectivity index (χ1) is 6.66. The van der Waals surface area contributed by atoms with Gasteiger partial charge in [0, 0.05) is 0 Å². The van der Waals surface area contributed by atoms with Gasteiger partial charge in [-0.2, -0.15) is 0 Å². The zero-order valence-corrected chi connectivity index (χ0v) is 8.78. The number of allylic oxidation sites excluding steroid dienone is 1. The molecule has 0 rings (SSSR count). The van der Waals surface area contributed by atoms with Gasteiger partial charge in [0.1, 0.15) is 0 Å². The maximum atomic E-state index is 10.2. The number of carbonyl (C=O) groups is 1. The second kappa shape index (κ2) is 8.75. The summed E-state index contributed by atoms with van der Waals surface area (Å²) in [5.74, 6) is -0.965. The van der Waals surface area contributed by atoms with Crippen LogP contribution in [0.1, 0.15) is 45.4 Å². The quantitative estimate of drug-likeness (QED) is 0.467. The lowest BCUT2D eigenvalue weighted by molar-refractivity contribution is -0.138. The Balaban J connectivity index is 3.37. The Hall–Kier alpha value is -0.830. The molecule has 0 aliphatic carbocycles. The molecule has 0 aliphatic heterocycles. The molecule has 0 radical (unpaired) electrons. The number of aliphatic carboxylic acids is 1. The summed E-state index contributed by atoms with van der Waals surface area (Å²) in [7, 11) is 0. The molecule has 0 aromatic carbocycles. The lowest BCUT2D eigenvalue weighted by Crippen LogP contribution is -2.09. The first-order valence-electron chi connectivity index (χ1n) is 5.23. The third-order valence-corrected chi connectivity index (χ3v) is 1.97. The lowest BCUT2D eigenvalue weighted by Gasteiger charge is -2.00. The molecule has 82 valence electrons. The van der Waals surface area contributed by atoms with E-state index in [-0.39, 0.29) is 6.42 Å². The first kappa shape index (κ1) is 13.2. The first-order valence-corrected chi connectivity index (χ1v) is 5.23. The summed E-state index contributed by atoms with van der Waals surface area (Å²) >= 11 is 0. The maximum absolute atomic E-state index is 10.2. The van der Waals surface area contributed by atoms with E-state index in [0.717, 1.165) is 12.8 Å². The van der Waals surface area contributed by atoms with Crippen LogP contribution in [0.15, 0.2) is 12.2 Å². The molecule has 0 heterocycles. The van der Waals surface area contributed by atoms with E-state index < -0.39 is 12.1 Å². The molecule has 1 atom stereocenters. The van der Waals surface area contributed by atoms with Gasteiger partial charge in [-0.15, -0.1) is 0 Å². The van der Waals surface area contributed by atoms with E-state index in [0.29, 0.717) is 0 Å². The molecule has 0 fully saturated rings. The minimum atomic E-state index is -0.965. The second-order valence-corrected chi connectivity index (χ2v) is 3.44. The van der Waals surface area contributed by atoms with Crippen LogP contribution in [0, 0.1) is 0 Å². The van der Waals surface area contributed by atoms with Crippen LogP contribution < -0.4 is 0 Å². The standard InChI is InChI=1S/C11H20O3/c1-2-3-4-5-6-7-8-10(12)9-11(13)14/h7-8,10,12H,2-6,9H2,1H3,(H,13,14). The van der Waals surface area contributed by atoms with Crippen LogP contribution in [0.4, 0.5) is 0 Å². The molecule has 0 saturated heterocycles. The third-order valence-electron chi connectivity index (χ3n) is 1.97. The molecule has 0 spiro atoms. The van der Waals surface area contributed by atoms with Crippen LogP contribution >= 0.6 is 0 Å². The van der Waals surface area contributed by atoms with Crippen molar-refractivity contribution in [3.8, 4) is 0 Å². The number of unbranched alkanes of at least 4 members (excludes halogenated alkanes) is 4. The topological polar surface area (TPSA) is 57.5 Å². The van der Waals surface area contributed by atoms with Crippen LogP contribution in [-0.4, -0.2) is 22.3 Å². The molecule has 0 amide bonds. The van der Waals surface area contributed by atoms with Crippen molar-refractivity contribution in [2.24, 2.45) is 0 Å². The lowest BCUT2D eigenvalue weighted by atomic mass is 10.1. The molecule has 14 heavy (non-hydrogen) atoms. The number of aliphatic hydroxyl groups excluding tert-OH is 1. The fourth-order valence-corrected chi connectivity index (χ4v) is 1.19. The molecule has 0 aliphatic rings. The molecule has 1 unspecified atom stereocenters. The third kappa shape index (κ3) is 9.26. The van der Waals surface area contributed by atoms with E-state index in [4.69, 9.17) is 10.2 Å². The van der Waals surface area contributed by atoms with Gasteiger partial charge in [-0.25, -0.2) is 0 Å². The van der Waals surface area contributed by atoms with Crippen molar-refractivity contribution in [1.82, 2.24) is 0 Å². The van der Waals surface area contributed by atoms with Crippen molar-refractivity contribution in [2.75, 3.05) is 0 Å². The number of carboxylic acid groups (broad SMARTS) is 1. The van der Waals surface area contributed by atoms with E-state index in [1.165, 1.54) is 19.3 Å². The number of carboxylic acids is 1. The normalized spacial score (nSPS) is 13.3. The van der Waals surface area contributed by atoms with Gasteiger partial charge in [0.25, 0.3) is 0 Å². The van der Waals surface area contributed by atoms with Gasteiger partial charge in [-0.3, -0.25) is 4.79 Å². The highest BCUT2D eigenvalue weighted by molar-refractivity contribution is 5.67. The monoisotopic (exact) mass is 200 g/mol. The number of aliphatic hydroxyl groups is 1. The van der Waals surface area contributed by atoms with Crippen LogP contribution in [0.3, 0.4) is 0 Å². The molecule has 3 heteroatoms. The predicted molar refractivity (Wildman–Crippen MR) is 56.2 cm³/mol. The number of hydrogen-bond donors (Lipinski definition) is 2. The van der Waals surface area contributed by atoms with Gasteiger partial charge < -0.3 is 10.2 Å². The van der Waals surface area contributed by atoms with Crippen molar-refractivity contribution in [3.05, 3.63) is 12.2 Å². The maximum Gasteiger partial charge on any atom is 0.306 e. The Morgan fingerprint density at radius 3 is 2.64 bits per heavy atom. The molecule has 0 saturated carbocycles. The van der Waals surface area contributed by atoms with Crippen molar-refractivity contribution >= 4 is 5.97 Å². The number of hydrogen-bond acceptors (Lipinski definition) is 2. The summed E-state index contributed by atoms with van der Waals surface area (Å²) in [5.41, 5.74) is 0. The Bertz CT molecular complexity index is 175. The molecule has 3 nitrogen and oxygen atoms in total. The SMILES string of the molecule is CCCCCCC=CC(O)CC(=O)O. The smallest absolute Gasteiger partial charge is 0.306 e. The van der Waals surface area contributed by atoms with Gasteiger partial charge >= 0.3 is 5.97 Å². The summed E-state index contributed by atoms with van der Waals surface area (Å²) in [6.45, 7) is 2.16. The molecular formula is C11H20O3. The van der Waals surface area contributed by atoms with Crippen molar-refractivity contribution in [3.63, 3.8) is 0 Å². The van der Waals surface area contributed by atoms with Crippen molar-refractivity contribution < 1.29 is 15.0 Å². The van der Waals surface area contributed by atoms with Crippen molar-refractivity contribution in [1.29, 1.82) is 0 Å². The highest BCUT2D eigenvalue weighted by atomic mass is 16.4. The average Bonchev–Trinajstić information content (AvgIpc) is 2.10. The van der Waals surface area contributed by atoms with Crippen LogP contribution in [0.5, 0.6) is 0 Å². The van der Waals surface area contributed by atoms with Gasteiger partial charge in [-0.05, 0) is 12.8 Å². The summed E-state index contributed by atoms with van der Waals surface area (Å²) < 4.78 is 0. The molecule has 0 aromatic heterocycles. The van der Waals surface area contributed by atoms with E-state index in [9.17, 15) is 4.79 Å². The molecular weight excluding hydrogens is 180 g/mol. The predicted octanol–water partition coefficient (Wildman–Crippen LogP) is 2.35. The Kier molecular flexibility index (Phi) is 8.24.